The van der Waals surface area contributed by atoms with E-state index in [-0.39, 0.29) is 18.4 Å². The third-order valence-corrected chi connectivity index (χ3v) is 5.73. The molecular weight excluding hydrogens is 340 g/mol. The minimum absolute atomic E-state index is 0.119. The van der Waals surface area contributed by atoms with Crippen LogP contribution in [0, 0.1) is 19.8 Å². The molecular formula is C22H22N2O3. The van der Waals surface area contributed by atoms with Gasteiger partial charge in [0.1, 0.15) is 0 Å². The van der Waals surface area contributed by atoms with Crippen molar-refractivity contribution in [2.75, 3.05) is 13.1 Å². The van der Waals surface area contributed by atoms with Crippen LogP contribution in [0.2, 0.25) is 0 Å². The Morgan fingerprint density at radius 2 is 1.78 bits per heavy atom. The summed E-state index contributed by atoms with van der Waals surface area (Å²) >= 11 is 0. The summed E-state index contributed by atoms with van der Waals surface area (Å²) in [7, 11) is 0. The summed E-state index contributed by atoms with van der Waals surface area (Å²) in [6.07, 6.45) is 0. The molecule has 3 aromatic rings. The molecule has 1 aromatic heterocycles. The number of nitrogens with one attached hydrogen (secondary N) is 1. The number of H-pyrrole nitrogens is 1. The van der Waals surface area contributed by atoms with E-state index in [4.69, 9.17) is 0 Å². The Bertz CT molecular complexity index is 1020. The van der Waals surface area contributed by atoms with E-state index in [0.717, 1.165) is 27.7 Å². The number of carbonyl (C=O) groups is 2. The lowest BCUT2D eigenvalue weighted by Gasteiger charge is -2.17. The number of hydrogen-bond acceptors (Lipinski definition) is 2. The fraction of sp³-hybridized carbons (Fsp3) is 0.273. The van der Waals surface area contributed by atoms with Gasteiger partial charge in [-0.2, -0.15) is 0 Å². The van der Waals surface area contributed by atoms with Gasteiger partial charge in [0.15, 0.2) is 0 Å². The largest absolute Gasteiger partial charge is 0.481 e. The van der Waals surface area contributed by atoms with Crippen molar-refractivity contribution < 1.29 is 14.7 Å². The summed E-state index contributed by atoms with van der Waals surface area (Å²) in [5.41, 5.74) is 4.56. The van der Waals surface area contributed by atoms with Crippen molar-refractivity contribution >= 4 is 22.8 Å². The van der Waals surface area contributed by atoms with Gasteiger partial charge in [-0.05, 0) is 31.0 Å². The van der Waals surface area contributed by atoms with Crippen molar-refractivity contribution in [3.05, 3.63) is 70.9 Å². The molecule has 1 aliphatic rings. The first kappa shape index (κ1) is 17.3. The average molecular weight is 362 g/mol. The number of carboxylic acid groups (broad SMARTS) is 1. The number of hydrogen-bond donors (Lipinski definition) is 2. The number of fused-ring (bicyclic) bond motifs is 1. The lowest BCUT2D eigenvalue weighted by atomic mass is 9.89. The van der Waals surface area contributed by atoms with E-state index in [1.54, 1.807) is 4.90 Å². The lowest BCUT2D eigenvalue weighted by molar-refractivity contribution is -0.141. The maximum atomic E-state index is 13.2. The molecule has 1 amide bonds. The number of carbonyl (C=O) groups excluding carboxylic acids is 1. The number of nitrogens with zero attached hydrogens (tertiary/aromatic N) is 1. The number of likely N-dealkylation sites (tertiary alicyclic amines) is 1. The van der Waals surface area contributed by atoms with Crippen molar-refractivity contribution in [1.82, 2.24) is 9.88 Å². The molecule has 27 heavy (non-hydrogen) atoms. The van der Waals surface area contributed by atoms with Gasteiger partial charge in [-0.25, -0.2) is 0 Å². The van der Waals surface area contributed by atoms with Crippen molar-refractivity contribution in [2.45, 2.75) is 19.8 Å². The maximum absolute atomic E-state index is 13.2. The second kappa shape index (κ2) is 6.58. The van der Waals surface area contributed by atoms with Gasteiger partial charge in [0.25, 0.3) is 5.91 Å². The fourth-order valence-electron chi connectivity index (χ4n) is 4.09. The number of aryl methyl sites for hydroxylation is 2. The molecule has 2 N–H and O–H groups in total. The van der Waals surface area contributed by atoms with E-state index in [1.807, 2.05) is 62.4 Å². The number of rotatable bonds is 3. The van der Waals surface area contributed by atoms with E-state index in [9.17, 15) is 14.7 Å². The van der Waals surface area contributed by atoms with Gasteiger partial charge in [-0.3, -0.25) is 9.59 Å². The summed E-state index contributed by atoms with van der Waals surface area (Å²) in [5.74, 6) is -1.77. The summed E-state index contributed by atoms with van der Waals surface area (Å²) in [4.78, 5) is 30.0. The average Bonchev–Trinajstić information content (AvgIpc) is 3.24. The molecule has 4 rings (SSSR count). The monoisotopic (exact) mass is 362 g/mol. The summed E-state index contributed by atoms with van der Waals surface area (Å²) < 4.78 is 0. The van der Waals surface area contributed by atoms with Crippen LogP contribution in [0.15, 0.2) is 48.5 Å². The third-order valence-electron chi connectivity index (χ3n) is 5.73. The molecule has 2 atom stereocenters. The Labute approximate surface area is 157 Å². The topological polar surface area (TPSA) is 73.4 Å². The molecule has 0 bridgehead atoms. The predicted molar refractivity (Wildman–Crippen MR) is 104 cm³/mol. The Hall–Kier alpha value is -3.08. The second-order valence-corrected chi connectivity index (χ2v) is 7.28. The summed E-state index contributed by atoms with van der Waals surface area (Å²) in [5, 5.41) is 10.7. The maximum Gasteiger partial charge on any atom is 0.308 e. The Morgan fingerprint density at radius 3 is 2.48 bits per heavy atom. The van der Waals surface area contributed by atoms with Crippen LogP contribution in [0.25, 0.3) is 10.9 Å². The van der Waals surface area contributed by atoms with E-state index < -0.39 is 11.9 Å². The molecule has 2 heterocycles. The highest BCUT2D eigenvalue weighted by Gasteiger charge is 2.40. The van der Waals surface area contributed by atoms with Crippen LogP contribution < -0.4 is 0 Å². The standard InChI is InChI=1S/C22H22N2O3/c1-13-14(2)23-20-16(13)9-6-10-17(20)21(25)24-11-18(19(12-24)22(26)27)15-7-4-3-5-8-15/h3-10,18-19,23H,11-12H2,1-2H3,(H,26,27). The minimum Gasteiger partial charge on any atom is -0.481 e. The van der Waals surface area contributed by atoms with Gasteiger partial charge < -0.3 is 15.0 Å². The molecule has 1 saturated heterocycles. The smallest absolute Gasteiger partial charge is 0.308 e. The molecule has 0 spiro atoms. The van der Waals surface area contributed by atoms with Gasteiger partial charge >= 0.3 is 5.97 Å². The Balaban J connectivity index is 1.69. The highest BCUT2D eigenvalue weighted by atomic mass is 16.4. The number of amides is 1. The quantitative estimate of drug-likeness (QED) is 0.746. The first-order valence-corrected chi connectivity index (χ1v) is 9.12. The first-order chi connectivity index (χ1) is 13.0. The predicted octanol–water partition coefficient (Wildman–Crippen LogP) is 3.73. The number of carboxylic acids is 1. The summed E-state index contributed by atoms with van der Waals surface area (Å²) in [6, 6.07) is 15.3. The molecule has 138 valence electrons. The molecule has 1 fully saturated rings. The van der Waals surface area contributed by atoms with Crippen LogP contribution in [0.5, 0.6) is 0 Å². The Morgan fingerprint density at radius 1 is 1.04 bits per heavy atom. The van der Waals surface area contributed by atoms with Crippen LogP contribution in [-0.2, 0) is 4.79 Å². The number of para-hydroxylation sites is 1. The molecule has 2 aromatic carbocycles. The van der Waals surface area contributed by atoms with Gasteiger partial charge in [0.2, 0.25) is 0 Å². The second-order valence-electron chi connectivity index (χ2n) is 7.28. The van der Waals surface area contributed by atoms with Crippen LogP contribution in [0.3, 0.4) is 0 Å². The Kier molecular flexibility index (Phi) is 4.22. The molecule has 0 aliphatic carbocycles. The fourth-order valence-corrected chi connectivity index (χ4v) is 4.09. The van der Waals surface area contributed by atoms with Crippen molar-refractivity contribution in [1.29, 1.82) is 0 Å². The minimum atomic E-state index is -0.857. The SMILES string of the molecule is Cc1[nH]c2c(C(=O)N3CC(C(=O)O)C(c4ccccc4)C3)cccc2c1C. The lowest BCUT2D eigenvalue weighted by Crippen LogP contribution is -2.30. The zero-order valence-electron chi connectivity index (χ0n) is 15.4. The normalized spacial score (nSPS) is 19.6. The molecule has 2 unspecified atom stereocenters. The molecule has 5 nitrogen and oxygen atoms in total. The van der Waals surface area contributed by atoms with Gasteiger partial charge in [-0.15, -0.1) is 0 Å². The van der Waals surface area contributed by atoms with Crippen LogP contribution in [0.1, 0.15) is 33.1 Å². The first-order valence-electron chi connectivity index (χ1n) is 9.12. The zero-order valence-corrected chi connectivity index (χ0v) is 15.4. The number of aliphatic carboxylic acids is 1. The zero-order chi connectivity index (χ0) is 19.1. The number of benzene rings is 2. The van der Waals surface area contributed by atoms with Crippen LogP contribution in [-0.4, -0.2) is 40.0 Å². The van der Waals surface area contributed by atoms with Gasteiger partial charge in [-0.1, -0.05) is 42.5 Å². The van der Waals surface area contributed by atoms with Crippen molar-refractivity contribution in [3.8, 4) is 0 Å². The highest BCUT2D eigenvalue weighted by Crippen LogP contribution is 2.34. The van der Waals surface area contributed by atoms with Gasteiger partial charge in [0, 0.05) is 30.1 Å². The van der Waals surface area contributed by atoms with E-state index >= 15 is 0 Å². The molecule has 1 aliphatic heterocycles. The van der Waals surface area contributed by atoms with E-state index in [0.29, 0.717) is 12.1 Å². The molecule has 5 heteroatoms. The van der Waals surface area contributed by atoms with Gasteiger partial charge in [0.05, 0.1) is 17.0 Å². The van der Waals surface area contributed by atoms with E-state index in [2.05, 4.69) is 4.98 Å². The van der Waals surface area contributed by atoms with Crippen LogP contribution in [0.4, 0.5) is 0 Å². The third kappa shape index (κ3) is 2.89. The van der Waals surface area contributed by atoms with Crippen molar-refractivity contribution in [2.24, 2.45) is 5.92 Å². The number of aromatic nitrogens is 1. The van der Waals surface area contributed by atoms with Crippen LogP contribution >= 0.6 is 0 Å². The molecule has 0 radical (unpaired) electrons. The van der Waals surface area contributed by atoms with Crippen molar-refractivity contribution in [3.63, 3.8) is 0 Å². The van der Waals surface area contributed by atoms with E-state index in [1.165, 1.54) is 0 Å². The number of aromatic amines is 1. The summed E-state index contributed by atoms with van der Waals surface area (Å²) in [6.45, 7) is 4.66. The molecule has 0 saturated carbocycles. The highest BCUT2D eigenvalue weighted by molar-refractivity contribution is 6.07.